The number of anilines is 2. The summed E-state index contributed by atoms with van der Waals surface area (Å²) in [6.45, 7) is 8.15. The van der Waals surface area contributed by atoms with Crippen LogP contribution < -0.4 is 14.5 Å². The standard InChI is InChI=1S/C27H28N4O/c1-19-8-9-20(2)25(18-19)30-14-16-31(17-15-30)27-23-6-4-5-7-24(23)28-26(29-27)21-10-12-22(32-3)13-11-21/h4-13,18H,14-17H2,1-3H3. The van der Waals surface area contributed by atoms with Crippen LogP contribution in [0.3, 0.4) is 0 Å². The van der Waals surface area contributed by atoms with Crippen LogP contribution in [0.4, 0.5) is 11.5 Å². The Bertz CT molecular complexity index is 1240. The SMILES string of the molecule is COc1ccc(-c2nc(N3CCN(c4cc(C)ccc4C)CC3)c3ccccc3n2)cc1. The molecule has 5 rings (SSSR count). The van der Waals surface area contributed by atoms with Gasteiger partial charge in [-0.25, -0.2) is 9.97 Å². The number of methoxy groups -OCH3 is 1. The summed E-state index contributed by atoms with van der Waals surface area (Å²) >= 11 is 0. The summed E-state index contributed by atoms with van der Waals surface area (Å²) in [4.78, 5) is 14.8. The number of benzene rings is 3. The van der Waals surface area contributed by atoms with Gasteiger partial charge < -0.3 is 14.5 Å². The van der Waals surface area contributed by atoms with Crippen molar-refractivity contribution in [2.75, 3.05) is 43.1 Å². The molecular formula is C27H28N4O. The molecule has 1 aliphatic heterocycles. The van der Waals surface area contributed by atoms with Crippen molar-refractivity contribution in [2.24, 2.45) is 0 Å². The first-order chi connectivity index (χ1) is 15.6. The van der Waals surface area contributed by atoms with Gasteiger partial charge in [0.15, 0.2) is 5.82 Å². The maximum absolute atomic E-state index is 5.30. The van der Waals surface area contributed by atoms with Gasteiger partial charge in [-0.1, -0.05) is 24.3 Å². The minimum absolute atomic E-state index is 0.748. The molecule has 0 unspecified atom stereocenters. The number of fused-ring (bicyclic) bond motifs is 1. The lowest BCUT2D eigenvalue weighted by Gasteiger charge is -2.38. The van der Waals surface area contributed by atoms with Crippen molar-refractivity contribution in [2.45, 2.75) is 13.8 Å². The Morgan fingerprint density at radius 3 is 2.25 bits per heavy atom. The summed E-state index contributed by atoms with van der Waals surface area (Å²) in [5.41, 5.74) is 5.94. The Morgan fingerprint density at radius 1 is 0.781 bits per heavy atom. The second-order valence-corrected chi connectivity index (χ2v) is 8.38. The van der Waals surface area contributed by atoms with E-state index in [4.69, 9.17) is 14.7 Å². The van der Waals surface area contributed by atoms with Crippen LogP contribution in [0.1, 0.15) is 11.1 Å². The van der Waals surface area contributed by atoms with Gasteiger partial charge in [-0.05, 0) is 67.4 Å². The van der Waals surface area contributed by atoms with Crippen LogP contribution in [-0.4, -0.2) is 43.3 Å². The van der Waals surface area contributed by atoms with Crippen LogP contribution in [-0.2, 0) is 0 Å². The lowest BCUT2D eigenvalue weighted by Crippen LogP contribution is -2.47. The molecule has 0 saturated carbocycles. The molecule has 0 bridgehead atoms. The van der Waals surface area contributed by atoms with E-state index >= 15 is 0 Å². The summed E-state index contributed by atoms with van der Waals surface area (Å²) in [5, 5.41) is 1.10. The molecule has 4 aromatic rings. The van der Waals surface area contributed by atoms with E-state index in [2.05, 4.69) is 60.0 Å². The Kier molecular flexibility index (Phi) is 5.39. The fourth-order valence-electron chi connectivity index (χ4n) is 4.39. The smallest absolute Gasteiger partial charge is 0.162 e. The molecule has 1 fully saturated rings. The third kappa shape index (κ3) is 3.86. The third-order valence-electron chi connectivity index (χ3n) is 6.22. The van der Waals surface area contributed by atoms with Crippen molar-refractivity contribution in [3.8, 4) is 17.1 Å². The highest BCUT2D eigenvalue weighted by atomic mass is 16.5. The van der Waals surface area contributed by atoms with Crippen LogP contribution in [0.2, 0.25) is 0 Å². The van der Waals surface area contributed by atoms with Gasteiger partial charge in [-0.15, -0.1) is 0 Å². The average molecular weight is 425 g/mol. The van der Waals surface area contributed by atoms with Crippen LogP contribution in [0, 0.1) is 13.8 Å². The number of aryl methyl sites for hydroxylation is 2. The highest BCUT2D eigenvalue weighted by Crippen LogP contribution is 2.30. The van der Waals surface area contributed by atoms with E-state index in [1.165, 1.54) is 16.8 Å². The third-order valence-corrected chi connectivity index (χ3v) is 6.22. The van der Waals surface area contributed by atoms with Gasteiger partial charge in [0.1, 0.15) is 11.6 Å². The van der Waals surface area contributed by atoms with Crippen LogP contribution in [0.5, 0.6) is 5.75 Å². The van der Waals surface area contributed by atoms with E-state index in [1.807, 2.05) is 30.3 Å². The topological polar surface area (TPSA) is 41.5 Å². The van der Waals surface area contributed by atoms with Gasteiger partial charge in [0.05, 0.1) is 12.6 Å². The molecule has 0 radical (unpaired) electrons. The molecule has 0 amide bonds. The number of aromatic nitrogens is 2. The number of piperazine rings is 1. The molecule has 3 aromatic carbocycles. The predicted molar refractivity (Wildman–Crippen MR) is 132 cm³/mol. The number of ether oxygens (including phenoxy) is 1. The minimum Gasteiger partial charge on any atom is -0.497 e. The largest absolute Gasteiger partial charge is 0.497 e. The van der Waals surface area contributed by atoms with E-state index in [-0.39, 0.29) is 0 Å². The first kappa shape index (κ1) is 20.3. The average Bonchev–Trinajstić information content (AvgIpc) is 2.85. The molecule has 1 aliphatic rings. The number of hydrogen-bond donors (Lipinski definition) is 0. The molecule has 5 heteroatoms. The molecule has 0 spiro atoms. The summed E-state index contributed by atoms with van der Waals surface area (Å²) in [6.07, 6.45) is 0. The van der Waals surface area contributed by atoms with Gasteiger partial charge in [0, 0.05) is 42.8 Å². The summed E-state index contributed by atoms with van der Waals surface area (Å²) in [6, 6.07) is 22.9. The Labute approximate surface area is 189 Å². The molecule has 32 heavy (non-hydrogen) atoms. The van der Waals surface area contributed by atoms with Crippen molar-refractivity contribution in [3.05, 3.63) is 77.9 Å². The zero-order valence-corrected chi connectivity index (χ0v) is 18.9. The van der Waals surface area contributed by atoms with Gasteiger partial charge in [-0.2, -0.15) is 0 Å². The van der Waals surface area contributed by atoms with Crippen LogP contribution in [0.25, 0.3) is 22.3 Å². The first-order valence-corrected chi connectivity index (χ1v) is 11.1. The quantitative estimate of drug-likeness (QED) is 0.448. The number of para-hydroxylation sites is 1. The maximum Gasteiger partial charge on any atom is 0.162 e. The van der Waals surface area contributed by atoms with E-state index in [0.717, 1.165) is 60.0 Å². The minimum atomic E-state index is 0.748. The first-order valence-electron chi connectivity index (χ1n) is 11.1. The molecule has 0 aliphatic carbocycles. The predicted octanol–water partition coefficient (Wildman–Crippen LogP) is 5.25. The van der Waals surface area contributed by atoms with Crippen molar-refractivity contribution in [3.63, 3.8) is 0 Å². The molecule has 5 nitrogen and oxygen atoms in total. The number of rotatable bonds is 4. The van der Waals surface area contributed by atoms with Crippen molar-refractivity contribution >= 4 is 22.4 Å². The molecule has 1 saturated heterocycles. The fraction of sp³-hybridized carbons (Fsp3) is 0.259. The molecule has 1 aromatic heterocycles. The van der Waals surface area contributed by atoms with E-state index in [0.29, 0.717) is 0 Å². The van der Waals surface area contributed by atoms with Crippen molar-refractivity contribution < 1.29 is 4.74 Å². The van der Waals surface area contributed by atoms with Crippen molar-refractivity contribution in [1.82, 2.24) is 9.97 Å². The van der Waals surface area contributed by atoms with Gasteiger partial charge in [0.25, 0.3) is 0 Å². The van der Waals surface area contributed by atoms with E-state index in [9.17, 15) is 0 Å². The Hall–Kier alpha value is -3.60. The highest BCUT2D eigenvalue weighted by molar-refractivity contribution is 5.91. The Balaban J connectivity index is 1.46. The zero-order chi connectivity index (χ0) is 22.1. The zero-order valence-electron chi connectivity index (χ0n) is 18.9. The van der Waals surface area contributed by atoms with Crippen molar-refractivity contribution in [1.29, 1.82) is 0 Å². The van der Waals surface area contributed by atoms with Gasteiger partial charge >= 0.3 is 0 Å². The van der Waals surface area contributed by atoms with Gasteiger partial charge in [-0.3, -0.25) is 0 Å². The van der Waals surface area contributed by atoms with E-state index in [1.54, 1.807) is 7.11 Å². The summed E-state index contributed by atoms with van der Waals surface area (Å²) in [7, 11) is 1.68. The maximum atomic E-state index is 5.30. The lowest BCUT2D eigenvalue weighted by molar-refractivity contribution is 0.415. The molecule has 162 valence electrons. The molecule has 2 heterocycles. The second kappa shape index (κ2) is 8.50. The fourth-order valence-corrected chi connectivity index (χ4v) is 4.39. The molecule has 0 N–H and O–H groups in total. The van der Waals surface area contributed by atoms with Crippen LogP contribution in [0.15, 0.2) is 66.7 Å². The van der Waals surface area contributed by atoms with Crippen LogP contribution >= 0.6 is 0 Å². The number of nitrogens with zero attached hydrogens (tertiary/aromatic N) is 4. The second-order valence-electron chi connectivity index (χ2n) is 8.38. The normalized spacial score (nSPS) is 14.1. The van der Waals surface area contributed by atoms with E-state index < -0.39 is 0 Å². The summed E-state index contributed by atoms with van der Waals surface area (Å²) in [5.74, 6) is 2.60. The lowest BCUT2D eigenvalue weighted by atomic mass is 10.1. The monoisotopic (exact) mass is 424 g/mol. The Morgan fingerprint density at radius 2 is 1.50 bits per heavy atom. The van der Waals surface area contributed by atoms with Gasteiger partial charge in [0.2, 0.25) is 0 Å². The highest BCUT2D eigenvalue weighted by Gasteiger charge is 2.22. The molecule has 0 atom stereocenters. The number of hydrogen-bond acceptors (Lipinski definition) is 5. The summed E-state index contributed by atoms with van der Waals surface area (Å²) < 4.78 is 5.30. The molecular weight excluding hydrogens is 396 g/mol.